The number of aliphatic hydroxyl groups excluding tert-OH is 1. The normalized spacial score (nSPS) is 14.7. The fraction of sp³-hybridized carbons (Fsp3) is 0.241. The molecule has 0 bridgehead atoms. The van der Waals surface area contributed by atoms with Gasteiger partial charge < -0.3 is 14.9 Å². The predicted octanol–water partition coefficient (Wildman–Crippen LogP) is 3.49. The quantitative estimate of drug-likeness (QED) is 0.392. The van der Waals surface area contributed by atoms with Gasteiger partial charge in [0, 0.05) is 80.3 Å². The van der Waals surface area contributed by atoms with Crippen LogP contribution >= 0.6 is 0 Å². The first-order chi connectivity index (χ1) is 18.5. The van der Waals surface area contributed by atoms with Crippen molar-refractivity contribution >= 4 is 17.2 Å². The summed E-state index contributed by atoms with van der Waals surface area (Å²) in [6.07, 6.45) is 8.39. The monoisotopic (exact) mass is 507 g/mol. The van der Waals surface area contributed by atoms with Crippen molar-refractivity contribution in [2.75, 3.05) is 31.1 Å². The summed E-state index contributed by atoms with van der Waals surface area (Å²) in [7, 11) is 1.90. The van der Waals surface area contributed by atoms with E-state index >= 15 is 0 Å². The number of pyridine rings is 2. The van der Waals surface area contributed by atoms with Gasteiger partial charge >= 0.3 is 0 Å². The summed E-state index contributed by atoms with van der Waals surface area (Å²) in [5.74, 6) is 0.614. The van der Waals surface area contributed by atoms with Crippen LogP contribution in [0, 0.1) is 6.92 Å². The number of piperazine rings is 1. The number of hydrogen-bond donors (Lipinski definition) is 1. The smallest absolute Gasteiger partial charge is 0.256 e. The van der Waals surface area contributed by atoms with Gasteiger partial charge in [0.25, 0.3) is 5.91 Å². The molecule has 0 aliphatic carbocycles. The number of anilines is 1. The molecule has 1 saturated heterocycles. The lowest BCUT2D eigenvalue weighted by Gasteiger charge is -2.36. The molecule has 1 aliphatic heterocycles. The zero-order valence-corrected chi connectivity index (χ0v) is 21.4. The Kier molecular flexibility index (Phi) is 6.13. The van der Waals surface area contributed by atoms with Crippen LogP contribution in [-0.4, -0.2) is 66.5 Å². The Balaban J connectivity index is 1.16. The third kappa shape index (κ3) is 4.52. The van der Waals surface area contributed by atoms with E-state index in [0.29, 0.717) is 31.7 Å². The van der Waals surface area contributed by atoms with Crippen molar-refractivity contribution in [3.63, 3.8) is 0 Å². The third-order valence-corrected chi connectivity index (χ3v) is 7.15. The summed E-state index contributed by atoms with van der Waals surface area (Å²) in [5.41, 5.74) is 6.82. The van der Waals surface area contributed by atoms with Crippen LogP contribution in [0.2, 0.25) is 0 Å². The van der Waals surface area contributed by atoms with E-state index in [4.69, 9.17) is 4.98 Å². The SMILES string of the molecule is Cc1ccc([C@@H](O)C(=O)N2CCN(c3ccc(-c4cc(-c5cnn(C)c5)cn5nccc45)cn3)CC2)cc1. The number of nitrogens with zero attached hydrogens (tertiary/aromatic N) is 7. The average Bonchev–Trinajstić information content (AvgIpc) is 3.61. The van der Waals surface area contributed by atoms with Crippen LogP contribution in [0.5, 0.6) is 0 Å². The molecule has 0 radical (unpaired) electrons. The molecule has 5 heterocycles. The molecule has 38 heavy (non-hydrogen) atoms. The number of amides is 1. The van der Waals surface area contributed by atoms with E-state index in [1.54, 1.807) is 15.8 Å². The van der Waals surface area contributed by atoms with Crippen molar-refractivity contribution in [1.29, 1.82) is 0 Å². The lowest BCUT2D eigenvalue weighted by molar-refractivity contribution is -0.140. The maximum Gasteiger partial charge on any atom is 0.256 e. The van der Waals surface area contributed by atoms with Crippen molar-refractivity contribution in [1.82, 2.24) is 29.3 Å². The fourth-order valence-electron chi connectivity index (χ4n) is 4.94. The number of hydrogen-bond acceptors (Lipinski definition) is 6. The van der Waals surface area contributed by atoms with Crippen LogP contribution in [0.1, 0.15) is 17.2 Å². The zero-order valence-electron chi connectivity index (χ0n) is 21.4. The van der Waals surface area contributed by atoms with Crippen molar-refractivity contribution in [3.05, 3.63) is 90.6 Å². The van der Waals surface area contributed by atoms with Gasteiger partial charge in [-0.3, -0.25) is 9.48 Å². The van der Waals surface area contributed by atoms with E-state index in [1.807, 2.05) is 79.7 Å². The maximum atomic E-state index is 12.9. The molecule has 1 aliphatic rings. The topological polar surface area (TPSA) is 91.8 Å². The summed E-state index contributed by atoms with van der Waals surface area (Å²) in [6, 6.07) is 15.7. The Morgan fingerprint density at radius 2 is 1.68 bits per heavy atom. The van der Waals surface area contributed by atoms with E-state index < -0.39 is 6.10 Å². The fourth-order valence-corrected chi connectivity index (χ4v) is 4.94. The highest BCUT2D eigenvalue weighted by Gasteiger charge is 2.27. The molecule has 9 nitrogen and oxygen atoms in total. The molecule has 4 aromatic heterocycles. The highest BCUT2D eigenvalue weighted by atomic mass is 16.3. The molecule has 1 aromatic carbocycles. The Labute approximate surface area is 220 Å². The molecule has 0 unspecified atom stereocenters. The van der Waals surface area contributed by atoms with Crippen molar-refractivity contribution in [2.45, 2.75) is 13.0 Å². The third-order valence-electron chi connectivity index (χ3n) is 7.15. The summed E-state index contributed by atoms with van der Waals surface area (Å²) in [5, 5.41) is 19.3. The lowest BCUT2D eigenvalue weighted by Crippen LogP contribution is -2.50. The number of benzene rings is 1. The van der Waals surface area contributed by atoms with E-state index in [-0.39, 0.29) is 5.91 Å². The highest BCUT2D eigenvalue weighted by Crippen LogP contribution is 2.31. The van der Waals surface area contributed by atoms with E-state index in [0.717, 1.165) is 39.2 Å². The lowest BCUT2D eigenvalue weighted by atomic mass is 10.0. The first-order valence-corrected chi connectivity index (χ1v) is 12.7. The van der Waals surface area contributed by atoms with Crippen LogP contribution in [0.15, 0.2) is 79.5 Å². The van der Waals surface area contributed by atoms with Crippen molar-refractivity contribution in [2.24, 2.45) is 7.05 Å². The number of aromatic nitrogens is 5. The van der Waals surface area contributed by atoms with Gasteiger partial charge in [-0.15, -0.1) is 0 Å². The first kappa shape index (κ1) is 23.9. The summed E-state index contributed by atoms with van der Waals surface area (Å²) in [6.45, 7) is 4.36. The molecule has 192 valence electrons. The van der Waals surface area contributed by atoms with E-state index in [1.165, 1.54) is 0 Å². The molecule has 0 spiro atoms. The number of aryl methyl sites for hydroxylation is 2. The van der Waals surface area contributed by atoms with Gasteiger partial charge in [0.05, 0.1) is 11.7 Å². The van der Waals surface area contributed by atoms with Crippen LogP contribution in [0.4, 0.5) is 5.82 Å². The van der Waals surface area contributed by atoms with Gasteiger partial charge in [-0.05, 0) is 36.8 Å². The van der Waals surface area contributed by atoms with Crippen molar-refractivity contribution < 1.29 is 9.90 Å². The van der Waals surface area contributed by atoms with Gasteiger partial charge in [-0.2, -0.15) is 10.2 Å². The summed E-state index contributed by atoms with van der Waals surface area (Å²) in [4.78, 5) is 21.5. The number of fused-ring (bicyclic) bond motifs is 1. The standard InChI is InChI=1S/C29H29N7O2/c1-20-3-5-21(6-4-20)28(37)29(38)35-13-11-34(12-14-35)27-8-7-22(16-30-27)25-15-23(24-17-32-33(2)18-24)19-36-26(25)9-10-31-36/h3-10,15-19,28,37H,11-14H2,1-2H3/t28-/m1/s1. The van der Waals surface area contributed by atoms with Crippen LogP contribution in [-0.2, 0) is 11.8 Å². The largest absolute Gasteiger partial charge is 0.378 e. The van der Waals surface area contributed by atoms with Gasteiger partial charge in [0.15, 0.2) is 6.10 Å². The van der Waals surface area contributed by atoms with E-state index in [9.17, 15) is 9.90 Å². The minimum atomic E-state index is -1.14. The summed E-state index contributed by atoms with van der Waals surface area (Å²) >= 11 is 0. The molecular formula is C29H29N7O2. The number of rotatable bonds is 5. The molecule has 5 aromatic rings. The second-order valence-electron chi connectivity index (χ2n) is 9.74. The van der Waals surface area contributed by atoms with Crippen LogP contribution in [0.25, 0.3) is 27.8 Å². The molecule has 1 amide bonds. The first-order valence-electron chi connectivity index (χ1n) is 12.7. The Morgan fingerprint density at radius 3 is 2.37 bits per heavy atom. The molecule has 1 N–H and O–H groups in total. The predicted molar refractivity (Wildman–Crippen MR) is 146 cm³/mol. The minimum Gasteiger partial charge on any atom is -0.378 e. The number of aliphatic hydroxyl groups is 1. The van der Waals surface area contributed by atoms with E-state index in [2.05, 4.69) is 27.2 Å². The van der Waals surface area contributed by atoms with Gasteiger partial charge in [-0.1, -0.05) is 29.8 Å². The van der Waals surface area contributed by atoms with Crippen LogP contribution < -0.4 is 4.90 Å². The Morgan fingerprint density at radius 1 is 0.895 bits per heavy atom. The van der Waals surface area contributed by atoms with Crippen molar-refractivity contribution in [3.8, 4) is 22.3 Å². The minimum absolute atomic E-state index is 0.255. The highest BCUT2D eigenvalue weighted by molar-refractivity contribution is 5.84. The van der Waals surface area contributed by atoms with Gasteiger partial charge in [0.1, 0.15) is 5.82 Å². The molecule has 9 heteroatoms. The number of carbonyl (C=O) groups excluding carboxylic acids is 1. The van der Waals surface area contributed by atoms with Gasteiger partial charge in [-0.25, -0.2) is 9.50 Å². The molecule has 1 fully saturated rings. The Hall–Kier alpha value is -4.50. The average molecular weight is 508 g/mol. The second-order valence-corrected chi connectivity index (χ2v) is 9.74. The molecule has 1 atom stereocenters. The molecule has 6 rings (SSSR count). The Bertz CT molecular complexity index is 1580. The second kappa shape index (κ2) is 9.75. The number of carbonyl (C=O) groups is 1. The van der Waals surface area contributed by atoms with Gasteiger partial charge in [0.2, 0.25) is 0 Å². The zero-order chi connectivity index (χ0) is 26.2. The molecule has 0 saturated carbocycles. The molecular weight excluding hydrogens is 478 g/mol. The maximum absolute atomic E-state index is 12.9. The van der Waals surface area contributed by atoms with Crippen LogP contribution in [0.3, 0.4) is 0 Å². The summed E-state index contributed by atoms with van der Waals surface area (Å²) < 4.78 is 3.67.